The molecule has 8 heteroatoms. The molecule has 2 rings (SSSR count). The topological polar surface area (TPSA) is 112 Å². The van der Waals surface area contributed by atoms with Gasteiger partial charge in [-0.2, -0.15) is 4.72 Å². The van der Waals surface area contributed by atoms with Gasteiger partial charge >= 0.3 is 5.97 Å². The molecule has 0 spiro atoms. The van der Waals surface area contributed by atoms with E-state index < -0.39 is 22.0 Å². The summed E-state index contributed by atoms with van der Waals surface area (Å²) in [6, 6.07) is 5.13. The lowest BCUT2D eigenvalue weighted by atomic mass is 10.2. The molecular weight excluding hydrogens is 294 g/mol. The third kappa shape index (κ3) is 3.67. The van der Waals surface area contributed by atoms with Gasteiger partial charge in [0.25, 0.3) is 0 Å². The smallest absolute Gasteiger partial charge is 0.322 e. The van der Waals surface area contributed by atoms with E-state index in [1.54, 1.807) is 25.1 Å². The summed E-state index contributed by atoms with van der Waals surface area (Å²) in [6.07, 6.45) is 2.85. The van der Waals surface area contributed by atoms with Gasteiger partial charge in [0.2, 0.25) is 10.0 Å². The van der Waals surface area contributed by atoms with Crippen LogP contribution in [0.3, 0.4) is 0 Å². The number of aliphatic carboxylic acids is 1. The van der Waals surface area contributed by atoms with E-state index in [4.69, 9.17) is 0 Å². The highest BCUT2D eigenvalue weighted by atomic mass is 32.2. The van der Waals surface area contributed by atoms with Crippen LogP contribution in [0.15, 0.2) is 41.7 Å². The molecule has 0 amide bonds. The molecule has 21 heavy (non-hydrogen) atoms. The van der Waals surface area contributed by atoms with E-state index in [2.05, 4.69) is 14.7 Å². The summed E-state index contributed by atoms with van der Waals surface area (Å²) in [5, 5.41) is 9.19. The van der Waals surface area contributed by atoms with Crippen molar-refractivity contribution in [3.63, 3.8) is 0 Å². The molecule has 0 saturated heterocycles. The Balaban J connectivity index is 2.24. The second kappa shape index (κ2) is 6.06. The molecular formula is C13H15N3O4S. The highest BCUT2D eigenvalue weighted by Crippen LogP contribution is 2.15. The molecule has 0 bridgehead atoms. The van der Waals surface area contributed by atoms with Gasteiger partial charge in [0.1, 0.15) is 6.04 Å². The lowest BCUT2D eigenvalue weighted by molar-refractivity contribution is -0.138. The second-order valence-corrected chi connectivity index (χ2v) is 6.24. The first kappa shape index (κ1) is 15.2. The van der Waals surface area contributed by atoms with Crippen molar-refractivity contribution in [3.05, 3.63) is 48.0 Å². The summed E-state index contributed by atoms with van der Waals surface area (Å²) < 4.78 is 26.8. The maximum absolute atomic E-state index is 12.3. The number of carboxylic acids is 1. The molecule has 0 aliphatic rings. The molecule has 1 heterocycles. The Hall–Kier alpha value is -2.19. The van der Waals surface area contributed by atoms with Gasteiger partial charge in [-0.1, -0.05) is 18.2 Å². The summed E-state index contributed by atoms with van der Waals surface area (Å²) in [5.74, 6) is -1.25. The highest BCUT2D eigenvalue weighted by Gasteiger charge is 2.26. The molecule has 0 unspecified atom stereocenters. The predicted molar refractivity (Wildman–Crippen MR) is 75.2 cm³/mol. The van der Waals surface area contributed by atoms with Crippen molar-refractivity contribution < 1.29 is 18.3 Å². The molecule has 0 aliphatic carbocycles. The van der Waals surface area contributed by atoms with Crippen molar-refractivity contribution in [1.29, 1.82) is 0 Å². The largest absolute Gasteiger partial charge is 0.480 e. The van der Waals surface area contributed by atoms with E-state index in [0.717, 1.165) is 0 Å². The minimum absolute atomic E-state index is 0.0134. The summed E-state index contributed by atoms with van der Waals surface area (Å²) in [4.78, 5) is 17.9. The molecule has 3 N–H and O–H groups in total. The van der Waals surface area contributed by atoms with Crippen LogP contribution in [0.5, 0.6) is 0 Å². The SMILES string of the molecule is Cc1ccccc1S(=O)(=O)N[C@H](Cc1cnc[nH]1)C(=O)O. The summed E-state index contributed by atoms with van der Waals surface area (Å²) in [7, 11) is -3.90. The number of aromatic amines is 1. The molecule has 1 aromatic carbocycles. The number of aromatic nitrogens is 2. The number of imidazole rings is 1. The van der Waals surface area contributed by atoms with Gasteiger partial charge in [-0.3, -0.25) is 4.79 Å². The number of benzene rings is 1. The van der Waals surface area contributed by atoms with E-state index in [1.165, 1.54) is 18.6 Å². The van der Waals surface area contributed by atoms with E-state index in [-0.39, 0.29) is 11.3 Å². The standard InChI is InChI=1S/C13H15N3O4S/c1-9-4-2-3-5-12(9)21(19,20)16-11(13(17)18)6-10-7-14-8-15-10/h2-5,7-8,11,16H,6H2,1H3,(H,14,15)(H,17,18)/t11-/m1/s1. The van der Waals surface area contributed by atoms with E-state index in [1.807, 2.05) is 0 Å². The van der Waals surface area contributed by atoms with Crippen LogP contribution in [0.4, 0.5) is 0 Å². The summed E-state index contributed by atoms with van der Waals surface area (Å²) in [6.45, 7) is 1.65. The number of rotatable bonds is 6. The number of nitrogens with zero attached hydrogens (tertiary/aromatic N) is 1. The molecule has 0 saturated carbocycles. The zero-order valence-corrected chi connectivity index (χ0v) is 12.1. The van der Waals surface area contributed by atoms with E-state index >= 15 is 0 Å². The Morgan fingerprint density at radius 1 is 1.43 bits per heavy atom. The van der Waals surface area contributed by atoms with Gasteiger partial charge in [0, 0.05) is 18.3 Å². The number of sulfonamides is 1. The summed E-state index contributed by atoms with van der Waals surface area (Å²) >= 11 is 0. The zero-order chi connectivity index (χ0) is 15.5. The van der Waals surface area contributed by atoms with Crippen LogP contribution in [-0.2, 0) is 21.2 Å². The molecule has 1 aromatic heterocycles. The molecule has 1 atom stereocenters. The zero-order valence-electron chi connectivity index (χ0n) is 11.3. The monoisotopic (exact) mass is 309 g/mol. The fraction of sp³-hybridized carbons (Fsp3) is 0.231. The van der Waals surface area contributed by atoms with Crippen LogP contribution in [-0.4, -0.2) is 35.5 Å². The molecule has 2 aromatic rings. The Labute approximate surface area is 122 Å². The van der Waals surface area contributed by atoms with Crippen molar-refractivity contribution in [2.45, 2.75) is 24.3 Å². The molecule has 0 fully saturated rings. The number of hydrogen-bond donors (Lipinski definition) is 3. The fourth-order valence-corrected chi connectivity index (χ4v) is 3.34. The number of hydrogen-bond acceptors (Lipinski definition) is 4. The van der Waals surface area contributed by atoms with E-state index in [0.29, 0.717) is 11.3 Å². The lowest BCUT2D eigenvalue weighted by Crippen LogP contribution is -2.42. The third-order valence-corrected chi connectivity index (χ3v) is 4.59. The fourth-order valence-electron chi connectivity index (χ4n) is 1.90. The molecule has 0 radical (unpaired) electrons. The van der Waals surface area contributed by atoms with Gasteiger partial charge in [-0.05, 0) is 18.6 Å². The van der Waals surface area contributed by atoms with Crippen LogP contribution >= 0.6 is 0 Å². The maximum atomic E-state index is 12.3. The first-order chi connectivity index (χ1) is 9.90. The van der Waals surface area contributed by atoms with Gasteiger partial charge in [-0.15, -0.1) is 0 Å². The quantitative estimate of drug-likeness (QED) is 0.727. The average Bonchev–Trinajstić information content (AvgIpc) is 2.91. The normalized spacial score (nSPS) is 13.0. The maximum Gasteiger partial charge on any atom is 0.322 e. The van der Waals surface area contributed by atoms with Crippen LogP contribution in [0.25, 0.3) is 0 Å². The van der Waals surface area contributed by atoms with Gasteiger partial charge in [0.05, 0.1) is 11.2 Å². The number of aryl methyl sites for hydroxylation is 1. The number of nitrogens with one attached hydrogen (secondary N) is 2. The minimum atomic E-state index is -3.90. The Kier molecular flexibility index (Phi) is 4.39. The minimum Gasteiger partial charge on any atom is -0.480 e. The van der Waals surface area contributed by atoms with Crippen LogP contribution in [0.2, 0.25) is 0 Å². The van der Waals surface area contributed by atoms with Crippen LogP contribution in [0.1, 0.15) is 11.3 Å². The first-order valence-electron chi connectivity index (χ1n) is 6.18. The van der Waals surface area contributed by atoms with Crippen molar-refractivity contribution >= 4 is 16.0 Å². The lowest BCUT2D eigenvalue weighted by Gasteiger charge is -2.15. The highest BCUT2D eigenvalue weighted by molar-refractivity contribution is 7.89. The molecule has 0 aliphatic heterocycles. The van der Waals surface area contributed by atoms with Crippen molar-refractivity contribution in [2.75, 3.05) is 0 Å². The molecule has 7 nitrogen and oxygen atoms in total. The Bertz CT molecular complexity index is 726. The van der Waals surface area contributed by atoms with Crippen LogP contribution in [0, 0.1) is 6.92 Å². The van der Waals surface area contributed by atoms with Gasteiger partial charge in [0.15, 0.2) is 0 Å². The summed E-state index contributed by atoms with van der Waals surface area (Å²) in [5.41, 5.74) is 1.09. The Morgan fingerprint density at radius 3 is 2.71 bits per heavy atom. The van der Waals surface area contributed by atoms with Crippen LogP contribution < -0.4 is 4.72 Å². The van der Waals surface area contributed by atoms with Crippen molar-refractivity contribution in [2.24, 2.45) is 0 Å². The Morgan fingerprint density at radius 2 is 2.14 bits per heavy atom. The molecule has 112 valence electrons. The van der Waals surface area contributed by atoms with Crippen molar-refractivity contribution in [3.8, 4) is 0 Å². The average molecular weight is 309 g/mol. The number of carbonyl (C=O) groups is 1. The van der Waals surface area contributed by atoms with E-state index in [9.17, 15) is 18.3 Å². The predicted octanol–water partition coefficient (Wildman–Crippen LogP) is 0.692. The number of carboxylic acid groups (broad SMARTS) is 1. The first-order valence-corrected chi connectivity index (χ1v) is 7.66. The van der Waals surface area contributed by atoms with Crippen molar-refractivity contribution in [1.82, 2.24) is 14.7 Å². The van der Waals surface area contributed by atoms with Gasteiger partial charge in [-0.25, -0.2) is 13.4 Å². The van der Waals surface area contributed by atoms with Gasteiger partial charge < -0.3 is 10.1 Å². The number of H-pyrrole nitrogens is 1. The second-order valence-electron chi connectivity index (χ2n) is 4.56. The third-order valence-electron chi connectivity index (χ3n) is 2.96.